The molecule has 3 aromatic rings. The summed E-state index contributed by atoms with van der Waals surface area (Å²) in [5.41, 5.74) is 7.32. The molecule has 4 rings (SSSR count). The van der Waals surface area contributed by atoms with Crippen molar-refractivity contribution in [3.8, 4) is 0 Å². The quantitative estimate of drug-likeness (QED) is 0.649. The number of alkyl halides is 3. The highest BCUT2D eigenvalue weighted by Gasteiger charge is 2.31. The van der Waals surface area contributed by atoms with Gasteiger partial charge >= 0.3 is 6.18 Å². The lowest BCUT2D eigenvalue weighted by Gasteiger charge is -2.31. The second-order valence-electron chi connectivity index (χ2n) is 7.39. The minimum atomic E-state index is -4.41. The van der Waals surface area contributed by atoms with E-state index in [0.29, 0.717) is 29.5 Å². The van der Waals surface area contributed by atoms with Gasteiger partial charge in [-0.05, 0) is 37.1 Å². The molecule has 0 saturated carbocycles. The van der Waals surface area contributed by atoms with Crippen LogP contribution in [-0.2, 0) is 17.9 Å². The fourth-order valence-electron chi connectivity index (χ4n) is 4.05. The zero-order valence-electron chi connectivity index (χ0n) is 15.4. The first-order valence-corrected chi connectivity index (χ1v) is 9.60. The van der Waals surface area contributed by atoms with Crippen molar-refractivity contribution in [2.45, 2.75) is 32.1 Å². The lowest BCUT2D eigenvalue weighted by atomic mass is 9.97. The summed E-state index contributed by atoms with van der Waals surface area (Å²) < 4.78 is 40.6. The zero-order chi connectivity index (χ0) is 20.8. The van der Waals surface area contributed by atoms with E-state index in [0.717, 1.165) is 29.5 Å². The van der Waals surface area contributed by atoms with Gasteiger partial charge in [-0.1, -0.05) is 17.7 Å². The van der Waals surface area contributed by atoms with Gasteiger partial charge in [0.2, 0.25) is 5.91 Å². The van der Waals surface area contributed by atoms with E-state index in [4.69, 9.17) is 17.3 Å². The third kappa shape index (κ3) is 4.02. The fraction of sp³-hybridized carbons (Fsp3) is 0.421. The largest absolute Gasteiger partial charge is 0.406 e. The van der Waals surface area contributed by atoms with Crippen molar-refractivity contribution in [3.05, 3.63) is 35.2 Å². The molecule has 0 aliphatic carbocycles. The minimum absolute atomic E-state index is 0.0164. The Bertz CT molecular complexity index is 1080. The first-order chi connectivity index (χ1) is 13.7. The predicted octanol–water partition coefficient (Wildman–Crippen LogP) is 3.50. The third-order valence-electron chi connectivity index (χ3n) is 5.31. The smallest absolute Gasteiger partial charge is 0.369 e. The molecule has 1 aliphatic rings. The number of rotatable bonds is 4. The van der Waals surface area contributed by atoms with Crippen molar-refractivity contribution in [3.63, 3.8) is 0 Å². The molecule has 29 heavy (non-hydrogen) atoms. The van der Waals surface area contributed by atoms with Gasteiger partial charge in [0.05, 0.1) is 11.4 Å². The monoisotopic (exact) mass is 425 g/mol. The van der Waals surface area contributed by atoms with E-state index in [2.05, 4.69) is 14.9 Å². The van der Waals surface area contributed by atoms with E-state index in [1.54, 1.807) is 12.1 Å². The number of hydrogen-bond acceptors (Lipinski definition) is 4. The molecule has 1 atom stereocenters. The number of halogens is 4. The standard InChI is InChI=1S/C19H19ClF3N5O/c20-17-16-15(25-10-26-17)13-6-11(3-4-14(13)28(16)9-19(21,22)23)7-27-5-1-2-12(8-27)18(24)29/h3-4,6,10,12H,1-2,5,7-9H2,(H2,24,29). The SMILES string of the molecule is NC(=O)C1CCCN(Cc2ccc3c(c2)c2ncnc(Cl)c2n3CC(F)(F)F)C1. The van der Waals surface area contributed by atoms with Gasteiger partial charge in [0.15, 0.2) is 5.15 Å². The molecular formula is C19H19ClF3N5O. The highest BCUT2D eigenvalue weighted by atomic mass is 35.5. The van der Waals surface area contributed by atoms with Crippen LogP contribution in [0.2, 0.25) is 5.15 Å². The summed E-state index contributed by atoms with van der Waals surface area (Å²) in [5, 5.41) is 0.576. The van der Waals surface area contributed by atoms with Crippen molar-refractivity contribution in [1.82, 2.24) is 19.4 Å². The first kappa shape index (κ1) is 19.9. The Labute approximate surface area is 169 Å². The van der Waals surface area contributed by atoms with Crippen molar-refractivity contribution in [2.75, 3.05) is 13.1 Å². The first-order valence-electron chi connectivity index (χ1n) is 9.22. The lowest BCUT2D eigenvalue weighted by Crippen LogP contribution is -2.40. The molecule has 0 radical (unpaired) electrons. The van der Waals surface area contributed by atoms with Crippen LogP contribution >= 0.6 is 11.6 Å². The molecule has 2 N–H and O–H groups in total. The average Bonchev–Trinajstić information content (AvgIpc) is 2.95. The second-order valence-corrected chi connectivity index (χ2v) is 7.75. The molecule has 0 spiro atoms. The van der Waals surface area contributed by atoms with Gasteiger partial charge in [-0.15, -0.1) is 0 Å². The maximum absolute atomic E-state index is 13.1. The van der Waals surface area contributed by atoms with Crippen LogP contribution in [0.5, 0.6) is 0 Å². The van der Waals surface area contributed by atoms with Crippen LogP contribution in [0.1, 0.15) is 18.4 Å². The lowest BCUT2D eigenvalue weighted by molar-refractivity contribution is -0.139. The number of benzene rings is 1. The summed E-state index contributed by atoms with van der Waals surface area (Å²) in [6.07, 6.45) is -1.50. The van der Waals surface area contributed by atoms with Gasteiger partial charge in [0, 0.05) is 18.5 Å². The number of nitrogens with zero attached hydrogens (tertiary/aromatic N) is 4. The number of piperidine rings is 1. The molecule has 6 nitrogen and oxygen atoms in total. The van der Waals surface area contributed by atoms with Gasteiger partial charge in [-0.3, -0.25) is 9.69 Å². The molecule has 154 valence electrons. The van der Waals surface area contributed by atoms with Gasteiger partial charge in [0.25, 0.3) is 0 Å². The zero-order valence-corrected chi connectivity index (χ0v) is 16.2. The van der Waals surface area contributed by atoms with E-state index in [-0.39, 0.29) is 22.5 Å². The summed E-state index contributed by atoms with van der Waals surface area (Å²) in [6, 6.07) is 5.29. The van der Waals surface area contributed by atoms with Crippen LogP contribution in [0, 0.1) is 5.92 Å². The topological polar surface area (TPSA) is 77.0 Å². The van der Waals surface area contributed by atoms with Gasteiger partial charge in [-0.25, -0.2) is 9.97 Å². The van der Waals surface area contributed by atoms with Crippen molar-refractivity contribution in [1.29, 1.82) is 0 Å². The highest BCUT2D eigenvalue weighted by molar-refractivity contribution is 6.34. The predicted molar refractivity (Wildman–Crippen MR) is 103 cm³/mol. The average molecular weight is 426 g/mol. The Morgan fingerprint density at radius 3 is 2.83 bits per heavy atom. The number of primary amides is 1. The van der Waals surface area contributed by atoms with E-state index in [1.165, 1.54) is 6.33 Å². The number of carbonyl (C=O) groups excluding carboxylic acids is 1. The van der Waals surface area contributed by atoms with Crippen LogP contribution in [0.25, 0.3) is 21.9 Å². The van der Waals surface area contributed by atoms with Gasteiger partial charge in [-0.2, -0.15) is 13.2 Å². The van der Waals surface area contributed by atoms with Crippen LogP contribution < -0.4 is 5.73 Å². The van der Waals surface area contributed by atoms with Crippen LogP contribution in [0.4, 0.5) is 13.2 Å². The molecule has 1 amide bonds. The Kier molecular flexibility index (Phi) is 5.12. The molecule has 1 aromatic carbocycles. The maximum atomic E-state index is 13.1. The van der Waals surface area contributed by atoms with Crippen LogP contribution in [-0.4, -0.2) is 44.6 Å². The fourth-order valence-corrected chi connectivity index (χ4v) is 4.29. The number of nitrogens with two attached hydrogens (primary N) is 1. The Balaban J connectivity index is 1.73. The summed E-state index contributed by atoms with van der Waals surface area (Å²) >= 11 is 6.11. The number of aromatic nitrogens is 3. The molecule has 1 fully saturated rings. The van der Waals surface area contributed by atoms with Gasteiger partial charge in [0.1, 0.15) is 23.9 Å². The van der Waals surface area contributed by atoms with E-state index in [1.807, 2.05) is 6.07 Å². The minimum Gasteiger partial charge on any atom is -0.369 e. The molecular weight excluding hydrogens is 407 g/mol. The van der Waals surface area contributed by atoms with Crippen LogP contribution in [0.15, 0.2) is 24.5 Å². The maximum Gasteiger partial charge on any atom is 0.406 e. The summed E-state index contributed by atoms with van der Waals surface area (Å²) in [4.78, 5) is 21.7. The molecule has 1 saturated heterocycles. The number of likely N-dealkylation sites (tertiary alicyclic amines) is 1. The number of hydrogen-bond donors (Lipinski definition) is 1. The molecule has 10 heteroatoms. The molecule has 3 heterocycles. The van der Waals surface area contributed by atoms with E-state index < -0.39 is 12.7 Å². The highest BCUT2D eigenvalue weighted by Crippen LogP contribution is 2.34. The van der Waals surface area contributed by atoms with E-state index >= 15 is 0 Å². The van der Waals surface area contributed by atoms with Crippen molar-refractivity contribution in [2.24, 2.45) is 11.7 Å². The Morgan fingerprint density at radius 2 is 2.10 bits per heavy atom. The summed E-state index contributed by atoms with van der Waals surface area (Å²) in [5.74, 6) is -0.473. The molecule has 1 aliphatic heterocycles. The molecule has 1 unspecified atom stereocenters. The number of carbonyl (C=O) groups is 1. The second kappa shape index (κ2) is 7.46. The normalized spacial score (nSPS) is 18.6. The van der Waals surface area contributed by atoms with Gasteiger partial charge < -0.3 is 10.3 Å². The third-order valence-corrected chi connectivity index (χ3v) is 5.58. The Hall–Kier alpha value is -2.39. The van der Waals surface area contributed by atoms with E-state index in [9.17, 15) is 18.0 Å². The summed E-state index contributed by atoms with van der Waals surface area (Å²) in [7, 11) is 0. The molecule has 0 bridgehead atoms. The van der Waals surface area contributed by atoms with Crippen LogP contribution in [0.3, 0.4) is 0 Å². The number of amides is 1. The van der Waals surface area contributed by atoms with Crippen molar-refractivity contribution >= 4 is 39.4 Å². The molecule has 2 aromatic heterocycles. The number of fused-ring (bicyclic) bond motifs is 3. The van der Waals surface area contributed by atoms with Crippen molar-refractivity contribution < 1.29 is 18.0 Å². The summed E-state index contributed by atoms with van der Waals surface area (Å²) in [6.45, 7) is 0.819. The Morgan fingerprint density at radius 1 is 1.31 bits per heavy atom.